The smallest absolute Gasteiger partial charge is 0.0721 e. The van der Waals surface area contributed by atoms with Crippen molar-refractivity contribution < 1.29 is 10.2 Å². The van der Waals surface area contributed by atoms with Crippen LogP contribution in [-0.4, -0.2) is 41.4 Å². The van der Waals surface area contributed by atoms with E-state index >= 15 is 0 Å². The maximum Gasteiger partial charge on any atom is 0.0721 e. The fourth-order valence-electron chi connectivity index (χ4n) is 3.80. The van der Waals surface area contributed by atoms with Gasteiger partial charge in [-0.15, -0.1) is 0 Å². The Balaban J connectivity index is 2.26. The molecule has 0 heterocycles. The van der Waals surface area contributed by atoms with Crippen LogP contribution in [-0.2, 0) is 0 Å². The zero-order valence-corrected chi connectivity index (χ0v) is 16.7. The Hall–Kier alpha value is -0.800. The van der Waals surface area contributed by atoms with E-state index in [0.29, 0.717) is 11.8 Å². The molecule has 0 aromatic rings. The van der Waals surface area contributed by atoms with Gasteiger partial charge in [-0.25, -0.2) is 0 Å². The summed E-state index contributed by atoms with van der Waals surface area (Å²) < 4.78 is 0. The highest BCUT2D eigenvalue weighted by Crippen LogP contribution is 2.36. The summed E-state index contributed by atoms with van der Waals surface area (Å²) in [6.45, 7) is 2.19. The largest absolute Gasteiger partial charge is 0.393 e. The van der Waals surface area contributed by atoms with Crippen molar-refractivity contribution in [2.45, 2.75) is 89.8 Å². The van der Waals surface area contributed by atoms with Crippen molar-refractivity contribution in [3.05, 3.63) is 24.4 Å². The van der Waals surface area contributed by atoms with Gasteiger partial charge in [0.05, 0.1) is 12.2 Å². The molecule has 0 aromatic heterocycles. The first-order valence-corrected chi connectivity index (χ1v) is 10.4. The molecule has 0 aliphatic heterocycles. The standard InChI is InChI=1S/C22H41NO2/c1-4-5-9-12-20(24)16-14-19-15-17-22(25)21(19)13-10-7-6-8-11-18-23(2)3/h11,14,16,18-22,24-25H,4-10,12-13,15,17H2,1-3H3/b16-14+,18-11?. The summed E-state index contributed by atoms with van der Waals surface area (Å²) in [6, 6.07) is 0. The lowest BCUT2D eigenvalue weighted by Crippen LogP contribution is -2.18. The minimum atomic E-state index is -0.312. The van der Waals surface area contributed by atoms with Crippen LogP contribution in [0, 0.1) is 11.8 Å². The van der Waals surface area contributed by atoms with Gasteiger partial charge in [0.25, 0.3) is 0 Å². The zero-order valence-electron chi connectivity index (χ0n) is 16.7. The topological polar surface area (TPSA) is 43.7 Å². The Kier molecular flexibility index (Phi) is 11.9. The molecule has 3 heteroatoms. The Bertz CT molecular complexity index is 378. The highest BCUT2D eigenvalue weighted by atomic mass is 16.3. The predicted molar refractivity (Wildman–Crippen MR) is 107 cm³/mol. The normalized spacial score (nSPS) is 25.2. The summed E-state index contributed by atoms with van der Waals surface area (Å²) >= 11 is 0. The molecule has 2 N–H and O–H groups in total. The fraction of sp³-hybridized carbons (Fsp3) is 0.818. The van der Waals surface area contributed by atoms with Gasteiger partial charge in [0.1, 0.15) is 0 Å². The van der Waals surface area contributed by atoms with Crippen molar-refractivity contribution in [2.75, 3.05) is 14.1 Å². The predicted octanol–water partition coefficient (Wildman–Crippen LogP) is 4.90. The van der Waals surface area contributed by atoms with Crippen molar-refractivity contribution in [1.82, 2.24) is 4.90 Å². The molecule has 1 fully saturated rings. The molecule has 0 amide bonds. The van der Waals surface area contributed by atoms with Crippen LogP contribution in [0.5, 0.6) is 0 Å². The third-order valence-corrected chi connectivity index (χ3v) is 5.34. The molecular weight excluding hydrogens is 310 g/mol. The van der Waals surface area contributed by atoms with Crippen LogP contribution in [0.4, 0.5) is 0 Å². The lowest BCUT2D eigenvalue weighted by Gasteiger charge is -2.20. The van der Waals surface area contributed by atoms with Crippen molar-refractivity contribution in [3.8, 4) is 0 Å². The average molecular weight is 352 g/mol. The molecule has 1 aliphatic carbocycles. The van der Waals surface area contributed by atoms with Crippen LogP contribution in [0.2, 0.25) is 0 Å². The van der Waals surface area contributed by atoms with Gasteiger partial charge in [-0.05, 0) is 56.6 Å². The molecule has 25 heavy (non-hydrogen) atoms. The molecule has 1 rings (SSSR count). The highest BCUT2D eigenvalue weighted by Gasteiger charge is 2.32. The number of aliphatic hydroxyl groups is 2. The third kappa shape index (κ3) is 10.1. The molecule has 0 saturated heterocycles. The summed E-state index contributed by atoms with van der Waals surface area (Å²) in [6.07, 6.45) is 20.3. The van der Waals surface area contributed by atoms with Gasteiger partial charge in [-0.3, -0.25) is 0 Å². The Morgan fingerprint density at radius 1 is 1.08 bits per heavy atom. The number of nitrogens with zero attached hydrogens (tertiary/aromatic N) is 1. The molecule has 0 bridgehead atoms. The molecular formula is C22H41NO2. The minimum Gasteiger partial charge on any atom is -0.393 e. The monoisotopic (exact) mass is 351 g/mol. The van der Waals surface area contributed by atoms with Crippen LogP contribution in [0.25, 0.3) is 0 Å². The third-order valence-electron chi connectivity index (χ3n) is 5.34. The van der Waals surface area contributed by atoms with E-state index in [0.717, 1.165) is 38.5 Å². The molecule has 0 radical (unpaired) electrons. The van der Waals surface area contributed by atoms with Crippen molar-refractivity contribution in [3.63, 3.8) is 0 Å². The van der Waals surface area contributed by atoms with Gasteiger partial charge in [-0.1, -0.05) is 57.3 Å². The zero-order chi connectivity index (χ0) is 18.5. The number of rotatable bonds is 13. The van der Waals surface area contributed by atoms with Gasteiger partial charge in [0.2, 0.25) is 0 Å². The van der Waals surface area contributed by atoms with E-state index in [1.54, 1.807) is 0 Å². The first-order chi connectivity index (χ1) is 12.0. The molecule has 1 saturated carbocycles. The summed E-state index contributed by atoms with van der Waals surface area (Å²) in [7, 11) is 4.10. The maximum atomic E-state index is 10.3. The number of hydrogen-bond acceptors (Lipinski definition) is 3. The maximum absolute atomic E-state index is 10.3. The summed E-state index contributed by atoms with van der Waals surface area (Å²) in [5.41, 5.74) is 0. The Morgan fingerprint density at radius 3 is 2.60 bits per heavy atom. The van der Waals surface area contributed by atoms with E-state index in [-0.39, 0.29) is 12.2 Å². The second-order valence-corrected chi connectivity index (χ2v) is 7.91. The quantitative estimate of drug-likeness (QED) is 0.366. The summed E-state index contributed by atoms with van der Waals surface area (Å²) in [5.74, 6) is 0.834. The minimum absolute atomic E-state index is 0.152. The van der Waals surface area contributed by atoms with Crippen LogP contribution in [0.1, 0.15) is 77.6 Å². The summed E-state index contributed by atoms with van der Waals surface area (Å²) in [5, 5.41) is 20.4. The lowest BCUT2D eigenvalue weighted by molar-refractivity contribution is 0.116. The first-order valence-electron chi connectivity index (χ1n) is 10.4. The van der Waals surface area contributed by atoms with Crippen molar-refractivity contribution in [1.29, 1.82) is 0 Å². The van der Waals surface area contributed by atoms with Gasteiger partial charge in [0, 0.05) is 14.1 Å². The van der Waals surface area contributed by atoms with Gasteiger partial charge in [-0.2, -0.15) is 0 Å². The van der Waals surface area contributed by atoms with Crippen molar-refractivity contribution >= 4 is 0 Å². The number of aliphatic hydroxyl groups excluding tert-OH is 2. The molecule has 0 aromatic carbocycles. The van der Waals surface area contributed by atoms with Crippen LogP contribution < -0.4 is 0 Å². The van der Waals surface area contributed by atoms with E-state index in [2.05, 4.69) is 30.2 Å². The Labute approximate surface area is 155 Å². The van der Waals surface area contributed by atoms with E-state index < -0.39 is 0 Å². The van der Waals surface area contributed by atoms with Crippen LogP contribution >= 0.6 is 0 Å². The van der Waals surface area contributed by atoms with E-state index in [1.807, 2.05) is 20.2 Å². The second kappa shape index (κ2) is 13.4. The fourth-order valence-corrected chi connectivity index (χ4v) is 3.80. The summed E-state index contributed by atoms with van der Waals surface area (Å²) in [4.78, 5) is 2.07. The lowest BCUT2D eigenvalue weighted by atomic mass is 9.88. The molecule has 3 nitrogen and oxygen atoms in total. The molecule has 4 atom stereocenters. The van der Waals surface area contributed by atoms with Gasteiger partial charge in [0.15, 0.2) is 0 Å². The van der Waals surface area contributed by atoms with Gasteiger partial charge < -0.3 is 15.1 Å². The average Bonchev–Trinajstić information content (AvgIpc) is 2.92. The Morgan fingerprint density at radius 2 is 1.88 bits per heavy atom. The first kappa shape index (κ1) is 22.2. The van der Waals surface area contributed by atoms with Crippen LogP contribution in [0.3, 0.4) is 0 Å². The number of allylic oxidation sites excluding steroid dienone is 2. The van der Waals surface area contributed by atoms with E-state index in [9.17, 15) is 10.2 Å². The van der Waals surface area contributed by atoms with E-state index in [4.69, 9.17) is 0 Å². The van der Waals surface area contributed by atoms with Gasteiger partial charge >= 0.3 is 0 Å². The number of hydrogen-bond donors (Lipinski definition) is 2. The van der Waals surface area contributed by atoms with Crippen LogP contribution in [0.15, 0.2) is 24.4 Å². The second-order valence-electron chi connectivity index (χ2n) is 7.91. The highest BCUT2D eigenvalue weighted by molar-refractivity contribution is 5.00. The SMILES string of the molecule is CCCCCC(O)/C=C/C1CCC(O)C1CCCCCC=CN(C)C. The van der Waals surface area contributed by atoms with Crippen molar-refractivity contribution in [2.24, 2.45) is 11.8 Å². The number of unbranched alkanes of at least 4 members (excludes halogenated alkanes) is 5. The molecule has 0 spiro atoms. The van der Waals surface area contributed by atoms with E-state index in [1.165, 1.54) is 32.1 Å². The molecule has 1 aliphatic rings. The molecule has 146 valence electrons. The molecule has 4 unspecified atom stereocenters.